The SMILES string of the molecule is O=C(O)Cc1cccc(Oc2ccccc2Cl)c1O. The predicted molar refractivity (Wildman–Crippen MR) is 71.0 cm³/mol. The molecule has 0 saturated carbocycles. The molecule has 0 aliphatic carbocycles. The minimum absolute atomic E-state index is 0.173. The number of benzene rings is 2. The first-order valence-electron chi connectivity index (χ1n) is 5.53. The van der Waals surface area contributed by atoms with Crippen LogP contribution in [0, 0.1) is 0 Å². The topological polar surface area (TPSA) is 66.8 Å². The number of para-hydroxylation sites is 2. The van der Waals surface area contributed by atoms with Gasteiger partial charge in [-0.05, 0) is 18.2 Å². The molecule has 0 aliphatic rings. The smallest absolute Gasteiger partial charge is 0.307 e. The molecule has 0 aromatic heterocycles. The van der Waals surface area contributed by atoms with Gasteiger partial charge in [-0.1, -0.05) is 35.9 Å². The van der Waals surface area contributed by atoms with Crippen LogP contribution in [-0.2, 0) is 11.2 Å². The fraction of sp³-hybridized carbons (Fsp3) is 0.0714. The van der Waals surface area contributed by atoms with Crippen LogP contribution in [-0.4, -0.2) is 16.2 Å². The molecule has 5 heteroatoms. The summed E-state index contributed by atoms with van der Waals surface area (Å²) >= 11 is 5.95. The highest BCUT2D eigenvalue weighted by molar-refractivity contribution is 6.32. The van der Waals surface area contributed by atoms with Crippen molar-refractivity contribution in [1.82, 2.24) is 0 Å². The van der Waals surface area contributed by atoms with Crippen LogP contribution in [0.25, 0.3) is 0 Å². The van der Waals surface area contributed by atoms with E-state index in [0.29, 0.717) is 10.8 Å². The minimum atomic E-state index is -1.02. The molecule has 2 N–H and O–H groups in total. The first-order chi connectivity index (χ1) is 9.08. The lowest BCUT2D eigenvalue weighted by atomic mass is 10.1. The monoisotopic (exact) mass is 278 g/mol. The number of rotatable bonds is 4. The van der Waals surface area contributed by atoms with Crippen LogP contribution in [0.1, 0.15) is 5.56 Å². The Balaban J connectivity index is 2.31. The molecule has 2 rings (SSSR count). The lowest BCUT2D eigenvalue weighted by Crippen LogP contribution is -2.00. The summed E-state index contributed by atoms with van der Waals surface area (Å²) in [6.07, 6.45) is -0.272. The summed E-state index contributed by atoms with van der Waals surface area (Å²) in [5.41, 5.74) is 0.289. The molecule has 0 aliphatic heterocycles. The van der Waals surface area contributed by atoms with Crippen molar-refractivity contribution in [3.63, 3.8) is 0 Å². The normalized spacial score (nSPS) is 10.2. The van der Waals surface area contributed by atoms with E-state index in [4.69, 9.17) is 21.4 Å². The van der Waals surface area contributed by atoms with Crippen molar-refractivity contribution < 1.29 is 19.7 Å². The first-order valence-corrected chi connectivity index (χ1v) is 5.91. The Hall–Kier alpha value is -2.20. The summed E-state index contributed by atoms with van der Waals surface area (Å²) in [6, 6.07) is 11.5. The number of ether oxygens (including phenoxy) is 1. The molecular weight excluding hydrogens is 268 g/mol. The maximum atomic E-state index is 10.7. The van der Waals surface area contributed by atoms with Gasteiger partial charge < -0.3 is 14.9 Å². The van der Waals surface area contributed by atoms with Gasteiger partial charge in [-0.15, -0.1) is 0 Å². The molecule has 0 unspecified atom stereocenters. The zero-order valence-electron chi connectivity index (χ0n) is 9.84. The summed E-state index contributed by atoms with van der Waals surface area (Å²) in [5, 5.41) is 19.1. The van der Waals surface area contributed by atoms with Crippen molar-refractivity contribution in [2.75, 3.05) is 0 Å². The van der Waals surface area contributed by atoms with E-state index in [0.717, 1.165) is 0 Å². The Morgan fingerprint density at radius 3 is 2.47 bits per heavy atom. The third kappa shape index (κ3) is 3.17. The molecule has 0 fully saturated rings. The van der Waals surface area contributed by atoms with Gasteiger partial charge >= 0.3 is 5.97 Å². The number of hydrogen-bond acceptors (Lipinski definition) is 3. The maximum absolute atomic E-state index is 10.7. The van der Waals surface area contributed by atoms with Gasteiger partial charge in [0.15, 0.2) is 11.5 Å². The fourth-order valence-corrected chi connectivity index (χ4v) is 1.78. The third-order valence-corrected chi connectivity index (χ3v) is 2.79. The van der Waals surface area contributed by atoms with Crippen LogP contribution in [0.3, 0.4) is 0 Å². The zero-order valence-corrected chi connectivity index (χ0v) is 10.6. The number of phenolic OH excluding ortho intramolecular Hbond substituents is 1. The molecule has 2 aromatic carbocycles. The summed E-state index contributed by atoms with van der Waals surface area (Å²) in [4.78, 5) is 10.7. The highest BCUT2D eigenvalue weighted by Gasteiger charge is 2.12. The van der Waals surface area contributed by atoms with Crippen molar-refractivity contribution in [2.45, 2.75) is 6.42 Å². The van der Waals surface area contributed by atoms with Gasteiger partial charge in [0.2, 0.25) is 0 Å². The second-order valence-electron chi connectivity index (χ2n) is 3.87. The molecule has 0 spiro atoms. The van der Waals surface area contributed by atoms with Crippen molar-refractivity contribution in [3.8, 4) is 17.2 Å². The maximum Gasteiger partial charge on any atom is 0.307 e. The highest BCUT2D eigenvalue weighted by Crippen LogP contribution is 2.36. The molecule has 0 amide bonds. The van der Waals surface area contributed by atoms with Crippen LogP contribution in [0.4, 0.5) is 0 Å². The van der Waals surface area contributed by atoms with Crippen molar-refractivity contribution in [2.24, 2.45) is 0 Å². The van der Waals surface area contributed by atoms with Crippen molar-refractivity contribution >= 4 is 17.6 Å². The van der Waals surface area contributed by atoms with Gasteiger partial charge in [0.25, 0.3) is 0 Å². The van der Waals surface area contributed by atoms with Gasteiger partial charge in [0, 0.05) is 5.56 Å². The number of carboxylic acid groups (broad SMARTS) is 1. The van der Waals surface area contributed by atoms with E-state index in [1.807, 2.05) is 0 Å². The van der Waals surface area contributed by atoms with Crippen LogP contribution in [0.5, 0.6) is 17.2 Å². The summed E-state index contributed by atoms with van der Waals surface area (Å²) in [7, 11) is 0. The number of aliphatic carboxylic acids is 1. The first kappa shape index (κ1) is 13.2. The summed E-state index contributed by atoms with van der Waals surface area (Å²) < 4.78 is 5.49. The Kier molecular flexibility index (Phi) is 3.92. The average Bonchev–Trinajstić information content (AvgIpc) is 2.36. The Labute approximate surface area is 114 Å². The largest absolute Gasteiger partial charge is 0.504 e. The molecule has 0 bridgehead atoms. The van der Waals surface area contributed by atoms with Gasteiger partial charge in [-0.2, -0.15) is 0 Å². The van der Waals surface area contributed by atoms with E-state index in [2.05, 4.69) is 0 Å². The molecule has 2 aromatic rings. The molecule has 0 radical (unpaired) electrons. The van der Waals surface area contributed by atoms with Crippen LogP contribution in [0.2, 0.25) is 5.02 Å². The quantitative estimate of drug-likeness (QED) is 0.899. The van der Waals surface area contributed by atoms with E-state index in [1.165, 1.54) is 6.07 Å². The second-order valence-corrected chi connectivity index (χ2v) is 4.27. The van der Waals surface area contributed by atoms with E-state index >= 15 is 0 Å². The van der Waals surface area contributed by atoms with E-state index in [1.54, 1.807) is 36.4 Å². The van der Waals surface area contributed by atoms with Gasteiger partial charge in [-0.3, -0.25) is 4.79 Å². The lowest BCUT2D eigenvalue weighted by Gasteiger charge is -2.11. The standard InChI is InChI=1S/C14H11ClO4/c15-10-5-1-2-6-11(10)19-12-7-3-4-9(14(12)18)8-13(16)17/h1-7,18H,8H2,(H,16,17). The van der Waals surface area contributed by atoms with Gasteiger partial charge in [0.05, 0.1) is 11.4 Å². The van der Waals surface area contributed by atoms with E-state index in [9.17, 15) is 9.90 Å². The van der Waals surface area contributed by atoms with Gasteiger partial charge in [-0.25, -0.2) is 0 Å². The minimum Gasteiger partial charge on any atom is -0.504 e. The molecule has 0 saturated heterocycles. The number of aromatic hydroxyl groups is 1. The van der Waals surface area contributed by atoms with Crippen molar-refractivity contribution in [1.29, 1.82) is 0 Å². The molecule has 0 heterocycles. The van der Waals surface area contributed by atoms with Gasteiger partial charge in [0.1, 0.15) is 5.75 Å². The number of phenols is 1. The number of hydrogen-bond donors (Lipinski definition) is 2. The van der Waals surface area contributed by atoms with E-state index in [-0.39, 0.29) is 23.5 Å². The van der Waals surface area contributed by atoms with E-state index < -0.39 is 5.97 Å². The molecule has 4 nitrogen and oxygen atoms in total. The second kappa shape index (κ2) is 5.63. The van der Waals surface area contributed by atoms with Crippen LogP contribution < -0.4 is 4.74 Å². The third-order valence-electron chi connectivity index (χ3n) is 2.48. The molecular formula is C14H11ClO4. The summed E-state index contributed by atoms with van der Waals surface area (Å²) in [6.45, 7) is 0. The zero-order chi connectivity index (χ0) is 13.8. The average molecular weight is 279 g/mol. The van der Waals surface area contributed by atoms with Crippen LogP contribution in [0.15, 0.2) is 42.5 Å². The molecule has 19 heavy (non-hydrogen) atoms. The highest BCUT2D eigenvalue weighted by atomic mass is 35.5. The predicted octanol–water partition coefficient (Wildman–Crippen LogP) is 3.47. The lowest BCUT2D eigenvalue weighted by molar-refractivity contribution is -0.136. The summed E-state index contributed by atoms with van der Waals surface area (Å²) in [5.74, 6) is -0.645. The van der Waals surface area contributed by atoms with Crippen molar-refractivity contribution in [3.05, 3.63) is 53.1 Å². The number of carbonyl (C=O) groups is 1. The Morgan fingerprint density at radius 1 is 1.11 bits per heavy atom. The Morgan fingerprint density at radius 2 is 1.79 bits per heavy atom. The number of halogens is 1. The Bertz CT molecular complexity index is 610. The molecule has 98 valence electrons. The molecule has 0 atom stereocenters. The van der Waals surface area contributed by atoms with Crippen LogP contribution >= 0.6 is 11.6 Å². The fourth-order valence-electron chi connectivity index (χ4n) is 1.60. The number of carboxylic acids is 1.